The number of aliphatic hydroxyl groups is 2. The van der Waals surface area contributed by atoms with Crippen molar-refractivity contribution in [1.82, 2.24) is 4.98 Å². The van der Waals surface area contributed by atoms with Gasteiger partial charge in [0.15, 0.2) is 8.32 Å². The maximum absolute atomic E-state index is 12.0. The maximum atomic E-state index is 12.0. The monoisotopic (exact) mass is 535 g/mol. The molecule has 1 heterocycles. The van der Waals surface area contributed by atoms with Crippen LogP contribution in [0.4, 0.5) is 0 Å². The summed E-state index contributed by atoms with van der Waals surface area (Å²) >= 11 is 0. The Balaban J connectivity index is 2.00. The lowest BCUT2D eigenvalue weighted by atomic mass is 9.71. The van der Waals surface area contributed by atoms with Gasteiger partial charge < -0.3 is 14.6 Å². The zero-order valence-corrected chi connectivity index (χ0v) is 26.1. The van der Waals surface area contributed by atoms with Crippen molar-refractivity contribution in [2.75, 3.05) is 0 Å². The lowest BCUT2D eigenvalue weighted by Crippen LogP contribution is -2.44. The maximum Gasteiger partial charge on any atom is 0.192 e. The first-order chi connectivity index (χ1) is 17.6. The van der Waals surface area contributed by atoms with Crippen LogP contribution in [-0.2, 0) is 17.5 Å². The fraction of sp³-hybridized carbons (Fsp3) is 0.606. The van der Waals surface area contributed by atoms with E-state index in [9.17, 15) is 10.2 Å². The van der Waals surface area contributed by atoms with Crippen LogP contribution in [0.5, 0.6) is 0 Å². The van der Waals surface area contributed by atoms with Gasteiger partial charge in [-0.3, -0.25) is 4.98 Å². The largest absolute Gasteiger partial charge is 0.410 e. The van der Waals surface area contributed by atoms with Crippen molar-refractivity contribution in [3.05, 3.63) is 69.5 Å². The van der Waals surface area contributed by atoms with Gasteiger partial charge in [-0.15, -0.1) is 0 Å². The smallest absolute Gasteiger partial charge is 0.192 e. The Morgan fingerprint density at radius 1 is 1.13 bits per heavy atom. The summed E-state index contributed by atoms with van der Waals surface area (Å²) in [5.41, 5.74) is 8.64. The molecule has 0 spiro atoms. The molecular formula is C33H49NO3Si. The van der Waals surface area contributed by atoms with E-state index in [1.165, 1.54) is 16.7 Å². The normalized spacial score (nSPS) is 20.4. The van der Waals surface area contributed by atoms with Crippen molar-refractivity contribution in [1.29, 1.82) is 0 Å². The summed E-state index contributed by atoms with van der Waals surface area (Å²) in [4.78, 5) is 5.37. The third-order valence-electron chi connectivity index (χ3n) is 8.99. The second-order valence-electron chi connectivity index (χ2n) is 14.1. The van der Waals surface area contributed by atoms with Gasteiger partial charge in [0.25, 0.3) is 0 Å². The predicted octanol–water partition coefficient (Wildman–Crippen LogP) is 8.38. The molecule has 2 aliphatic carbocycles. The van der Waals surface area contributed by atoms with Crippen LogP contribution in [0.25, 0.3) is 5.57 Å². The molecular weight excluding hydrogens is 486 g/mol. The lowest BCUT2D eigenvalue weighted by molar-refractivity contribution is 0.105. The van der Waals surface area contributed by atoms with Crippen molar-refractivity contribution in [3.63, 3.8) is 0 Å². The fourth-order valence-corrected chi connectivity index (χ4v) is 7.13. The van der Waals surface area contributed by atoms with Crippen molar-refractivity contribution >= 4 is 13.9 Å². The first-order valence-corrected chi connectivity index (χ1v) is 17.4. The Bertz CT molecular complexity index is 1190. The van der Waals surface area contributed by atoms with Gasteiger partial charge >= 0.3 is 0 Å². The van der Waals surface area contributed by atoms with E-state index in [0.29, 0.717) is 0 Å². The van der Waals surface area contributed by atoms with Crippen LogP contribution in [0.15, 0.2) is 30.3 Å². The summed E-state index contributed by atoms with van der Waals surface area (Å²) in [6, 6.07) is 7.69. The van der Waals surface area contributed by atoms with Gasteiger partial charge in [-0.1, -0.05) is 78.8 Å². The molecule has 2 aliphatic rings. The SMILES string of the molecule is CC(C)c1nc2c(c(C3=CCCC3)c1C(O)c1ccc(CO)cc1)[C@@H](O[Si](C)(C)C(C)(C)C)CC(C)(C)C2. The van der Waals surface area contributed by atoms with Gasteiger partial charge in [0.1, 0.15) is 6.10 Å². The molecule has 1 unspecified atom stereocenters. The number of hydrogen-bond acceptors (Lipinski definition) is 4. The van der Waals surface area contributed by atoms with E-state index in [-0.39, 0.29) is 29.1 Å². The van der Waals surface area contributed by atoms with Crippen molar-refractivity contribution in [3.8, 4) is 0 Å². The summed E-state index contributed by atoms with van der Waals surface area (Å²) in [7, 11) is -2.07. The molecule has 2 aromatic rings. The number of allylic oxidation sites excluding steroid dienone is 2. The minimum atomic E-state index is -2.07. The standard InChI is InChI=1S/C33H49NO3Si/c1-21(2)30-29(31(36)24-16-14-22(20-35)15-17-24)27(23-12-10-11-13-23)28-25(34-30)18-33(6,7)19-26(28)37-38(8,9)32(3,4)5/h12,14-17,21,26,31,35-36H,10-11,13,18-20H2,1-9H3/t26-,31?/m0/s1. The highest BCUT2D eigenvalue weighted by Gasteiger charge is 2.45. The summed E-state index contributed by atoms with van der Waals surface area (Å²) in [6.07, 6.45) is 6.66. The third kappa shape index (κ3) is 5.72. The molecule has 0 aliphatic heterocycles. The molecule has 38 heavy (non-hydrogen) atoms. The van der Waals surface area contributed by atoms with Crippen LogP contribution in [-0.4, -0.2) is 23.5 Å². The van der Waals surface area contributed by atoms with Crippen LogP contribution < -0.4 is 0 Å². The zero-order chi connectivity index (χ0) is 28.0. The molecule has 5 heteroatoms. The van der Waals surface area contributed by atoms with E-state index in [2.05, 4.69) is 67.6 Å². The molecule has 0 bridgehead atoms. The number of aromatic nitrogens is 1. The predicted molar refractivity (Wildman–Crippen MR) is 160 cm³/mol. The minimum Gasteiger partial charge on any atom is -0.410 e. The molecule has 4 nitrogen and oxygen atoms in total. The Labute approximate surface area is 231 Å². The van der Waals surface area contributed by atoms with Crippen LogP contribution in [0.1, 0.15) is 131 Å². The average molecular weight is 536 g/mol. The van der Waals surface area contributed by atoms with E-state index in [4.69, 9.17) is 9.41 Å². The molecule has 4 rings (SSSR count). The third-order valence-corrected chi connectivity index (χ3v) is 13.5. The van der Waals surface area contributed by atoms with Gasteiger partial charge in [0, 0.05) is 22.5 Å². The minimum absolute atomic E-state index is 0.00554. The Morgan fingerprint density at radius 3 is 2.32 bits per heavy atom. The topological polar surface area (TPSA) is 62.6 Å². The van der Waals surface area contributed by atoms with Crippen molar-refractivity contribution in [2.24, 2.45) is 5.41 Å². The molecule has 0 radical (unpaired) electrons. The summed E-state index contributed by atoms with van der Waals surface area (Å²) in [5, 5.41) is 21.7. The van der Waals surface area contributed by atoms with Crippen LogP contribution in [0, 0.1) is 5.41 Å². The quantitative estimate of drug-likeness (QED) is 0.350. The first-order valence-electron chi connectivity index (χ1n) is 14.5. The van der Waals surface area contributed by atoms with E-state index in [0.717, 1.165) is 60.2 Å². The van der Waals surface area contributed by atoms with Gasteiger partial charge in [-0.05, 0) is 83.8 Å². The molecule has 2 atom stereocenters. The van der Waals surface area contributed by atoms with Crippen molar-refractivity contribution < 1.29 is 14.6 Å². The number of nitrogens with zero attached hydrogens (tertiary/aromatic N) is 1. The highest BCUT2D eigenvalue weighted by molar-refractivity contribution is 6.74. The number of aliphatic hydroxyl groups excluding tert-OH is 2. The second kappa shape index (κ2) is 10.6. The van der Waals surface area contributed by atoms with Crippen LogP contribution >= 0.6 is 0 Å². The van der Waals surface area contributed by atoms with Crippen molar-refractivity contribution in [2.45, 2.75) is 123 Å². The first kappa shape index (κ1) is 29.2. The average Bonchev–Trinajstić information content (AvgIpc) is 3.35. The van der Waals surface area contributed by atoms with E-state index in [1.54, 1.807) is 0 Å². The number of fused-ring (bicyclic) bond motifs is 1. The van der Waals surface area contributed by atoms with E-state index in [1.807, 2.05) is 24.3 Å². The number of rotatable bonds is 7. The lowest BCUT2D eigenvalue weighted by Gasteiger charge is -2.45. The highest BCUT2D eigenvalue weighted by Crippen LogP contribution is 2.52. The zero-order valence-electron chi connectivity index (χ0n) is 25.1. The van der Waals surface area contributed by atoms with E-state index < -0.39 is 14.4 Å². The van der Waals surface area contributed by atoms with Gasteiger partial charge in [-0.2, -0.15) is 0 Å². The van der Waals surface area contributed by atoms with Gasteiger partial charge in [-0.25, -0.2) is 0 Å². The summed E-state index contributed by atoms with van der Waals surface area (Å²) in [6.45, 7) is 20.7. The molecule has 0 saturated carbocycles. The number of benzene rings is 1. The molecule has 1 aromatic carbocycles. The van der Waals surface area contributed by atoms with Crippen LogP contribution in [0.2, 0.25) is 18.1 Å². The fourth-order valence-electron chi connectivity index (χ4n) is 5.86. The summed E-state index contributed by atoms with van der Waals surface area (Å²) < 4.78 is 7.24. The van der Waals surface area contributed by atoms with Gasteiger partial charge in [0.05, 0.1) is 12.7 Å². The Kier molecular flexibility index (Phi) is 8.18. The summed E-state index contributed by atoms with van der Waals surface area (Å²) in [5.74, 6) is 0.173. The van der Waals surface area contributed by atoms with Gasteiger partial charge in [0.2, 0.25) is 0 Å². The molecule has 0 saturated heterocycles. The molecule has 1 aromatic heterocycles. The number of pyridine rings is 1. The highest BCUT2D eigenvalue weighted by atomic mass is 28.4. The Morgan fingerprint density at radius 2 is 1.79 bits per heavy atom. The second-order valence-corrected chi connectivity index (χ2v) is 18.9. The molecule has 0 fully saturated rings. The number of hydrogen-bond donors (Lipinski definition) is 2. The Hall–Kier alpha value is -1.79. The van der Waals surface area contributed by atoms with E-state index >= 15 is 0 Å². The molecule has 0 amide bonds. The molecule has 2 N–H and O–H groups in total. The van der Waals surface area contributed by atoms with Crippen LogP contribution in [0.3, 0.4) is 0 Å². The molecule has 208 valence electrons.